The smallest absolute Gasteiger partial charge is 0.210 e. The second kappa shape index (κ2) is 5.92. The van der Waals surface area contributed by atoms with Gasteiger partial charge in [0.15, 0.2) is 11.5 Å². The van der Waals surface area contributed by atoms with Crippen LogP contribution in [0.2, 0.25) is 0 Å². The Hall–Kier alpha value is -2.21. The van der Waals surface area contributed by atoms with E-state index >= 15 is 0 Å². The molecule has 0 aliphatic rings. The van der Waals surface area contributed by atoms with Crippen LogP contribution in [0.5, 0.6) is 17.2 Å². The summed E-state index contributed by atoms with van der Waals surface area (Å²) in [6, 6.07) is 2.67. The lowest BCUT2D eigenvalue weighted by molar-refractivity contribution is -0.139. The van der Waals surface area contributed by atoms with Crippen LogP contribution in [-0.2, 0) is 0 Å². The highest BCUT2D eigenvalue weighted by molar-refractivity contribution is 6.07. The van der Waals surface area contributed by atoms with Crippen LogP contribution in [0.15, 0.2) is 24.4 Å². The van der Waals surface area contributed by atoms with Gasteiger partial charge < -0.3 is 19.6 Å². The summed E-state index contributed by atoms with van der Waals surface area (Å²) in [7, 11) is 4.83. The molecule has 0 amide bonds. The summed E-state index contributed by atoms with van der Waals surface area (Å²) in [6.07, 6.45) is 2.87. The fourth-order valence-electron chi connectivity index (χ4n) is 1.33. The van der Waals surface area contributed by atoms with E-state index in [1.807, 2.05) is 0 Å². The predicted octanol–water partition coefficient (Wildman–Crippen LogP) is 1.51. The minimum atomic E-state index is -0.385. The normalized spacial score (nSPS) is 10.4. The standard InChI is InChI=1S/C12H15NO5/c1-13(2)7-6-9(14)8-4-5-10(18-16)12(17-3)11(8)15/h4-7,15-16H,1-3H3/b7-6+. The van der Waals surface area contributed by atoms with Crippen molar-refractivity contribution >= 4 is 5.78 Å². The molecule has 98 valence electrons. The van der Waals surface area contributed by atoms with Gasteiger partial charge in [0.2, 0.25) is 11.5 Å². The molecule has 6 heteroatoms. The molecule has 0 radical (unpaired) electrons. The number of carbonyl (C=O) groups is 1. The van der Waals surface area contributed by atoms with Crippen LogP contribution in [0.4, 0.5) is 0 Å². The molecule has 0 saturated heterocycles. The number of phenolic OH excluding ortho intramolecular Hbond substituents is 1. The van der Waals surface area contributed by atoms with Crippen LogP contribution in [0.1, 0.15) is 10.4 Å². The third-order valence-electron chi connectivity index (χ3n) is 2.19. The van der Waals surface area contributed by atoms with Crippen molar-refractivity contribution in [1.29, 1.82) is 0 Å². The summed E-state index contributed by atoms with van der Waals surface area (Å²) in [5, 5.41) is 18.4. The van der Waals surface area contributed by atoms with Crippen molar-refractivity contribution in [2.24, 2.45) is 0 Å². The van der Waals surface area contributed by atoms with E-state index < -0.39 is 0 Å². The first-order chi connectivity index (χ1) is 8.51. The summed E-state index contributed by atoms with van der Waals surface area (Å²) >= 11 is 0. The molecule has 1 aromatic rings. The summed E-state index contributed by atoms with van der Waals surface area (Å²) in [4.78, 5) is 17.5. The predicted molar refractivity (Wildman–Crippen MR) is 65.1 cm³/mol. The number of hydrogen-bond acceptors (Lipinski definition) is 6. The Balaban J connectivity index is 3.15. The number of allylic oxidation sites excluding steroid dienone is 1. The first kappa shape index (κ1) is 13.9. The Kier molecular flexibility index (Phi) is 4.56. The molecule has 1 aromatic carbocycles. The number of ketones is 1. The molecule has 0 aliphatic carbocycles. The Bertz CT molecular complexity index is 468. The summed E-state index contributed by atoms with van der Waals surface area (Å²) in [5.74, 6) is -0.925. The van der Waals surface area contributed by atoms with Crippen LogP contribution >= 0.6 is 0 Å². The van der Waals surface area contributed by atoms with Gasteiger partial charge in [-0.2, -0.15) is 0 Å². The maximum Gasteiger partial charge on any atom is 0.210 e. The number of rotatable bonds is 5. The molecule has 0 saturated carbocycles. The van der Waals surface area contributed by atoms with Crippen molar-refractivity contribution in [1.82, 2.24) is 4.90 Å². The lowest BCUT2D eigenvalue weighted by Gasteiger charge is -2.10. The van der Waals surface area contributed by atoms with Gasteiger partial charge in [-0.3, -0.25) is 4.79 Å². The van der Waals surface area contributed by atoms with Crippen LogP contribution in [0.25, 0.3) is 0 Å². The highest BCUT2D eigenvalue weighted by Gasteiger charge is 2.18. The Morgan fingerprint density at radius 1 is 1.39 bits per heavy atom. The van der Waals surface area contributed by atoms with Gasteiger partial charge in [0.1, 0.15) is 0 Å². The van der Waals surface area contributed by atoms with Crippen LogP contribution in [-0.4, -0.2) is 42.3 Å². The summed E-state index contributed by atoms with van der Waals surface area (Å²) in [6.45, 7) is 0. The molecule has 1 rings (SSSR count). The average Bonchev–Trinajstić information content (AvgIpc) is 2.35. The van der Waals surface area contributed by atoms with Gasteiger partial charge in [0.05, 0.1) is 12.7 Å². The number of methoxy groups -OCH3 is 1. The van der Waals surface area contributed by atoms with E-state index in [1.54, 1.807) is 25.2 Å². The molecule has 0 atom stereocenters. The molecule has 6 nitrogen and oxygen atoms in total. The number of aromatic hydroxyl groups is 1. The van der Waals surface area contributed by atoms with Crippen LogP contribution in [0.3, 0.4) is 0 Å². The van der Waals surface area contributed by atoms with E-state index in [9.17, 15) is 9.90 Å². The van der Waals surface area contributed by atoms with Crippen molar-refractivity contribution in [2.45, 2.75) is 0 Å². The molecule has 0 unspecified atom stereocenters. The maximum atomic E-state index is 11.8. The van der Waals surface area contributed by atoms with Crippen molar-refractivity contribution in [2.75, 3.05) is 21.2 Å². The molecule has 2 N–H and O–H groups in total. The second-order valence-corrected chi connectivity index (χ2v) is 3.73. The molecule has 18 heavy (non-hydrogen) atoms. The lowest BCUT2D eigenvalue weighted by atomic mass is 10.1. The Morgan fingerprint density at radius 2 is 2.06 bits per heavy atom. The molecule has 0 heterocycles. The minimum Gasteiger partial charge on any atom is -0.504 e. The fraction of sp³-hybridized carbons (Fsp3) is 0.250. The van der Waals surface area contributed by atoms with Crippen molar-refractivity contribution in [3.05, 3.63) is 30.0 Å². The summed E-state index contributed by atoms with van der Waals surface area (Å²) in [5.41, 5.74) is 0.0609. The van der Waals surface area contributed by atoms with Crippen molar-refractivity contribution < 1.29 is 24.8 Å². The van der Waals surface area contributed by atoms with Gasteiger partial charge in [-0.05, 0) is 12.1 Å². The van der Waals surface area contributed by atoms with Crippen LogP contribution < -0.4 is 9.62 Å². The monoisotopic (exact) mass is 253 g/mol. The zero-order chi connectivity index (χ0) is 13.7. The van der Waals surface area contributed by atoms with Crippen molar-refractivity contribution in [3.63, 3.8) is 0 Å². The first-order valence-corrected chi connectivity index (χ1v) is 5.11. The topological polar surface area (TPSA) is 79.2 Å². The molecule has 0 fully saturated rings. The quantitative estimate of drug-likeness (QED) is 0.358. The van der Waals surface area contributed by atoms with Gasteiger partial charge in [-0.1, -0.05) is 0 Å². The molecule has 0 aliphatic heterocycles. The van der Waals surface area contributed by atoms with E-state index in [0.717, 1.165) is 0 Å². The van der Waals surface area contributed by atoms with E-state index in [0.29, 0.717) is 0 Å². The minimum absolute atomic E-state index is 0.0609. The molecule has 0 spiro atoms. The molecule has 0 aromatic heterocycles. The molecular formula is C12H15NO5. The third kappa shape index (κ3) is 2.92. The maximum absolute atomic E-state index is 11.8. The average molecular weight is 253 g/mol. The Morgan fingerprint density at radius 3 is 2.56 bits per heavy atom. The number of phenols is 1. The first-order valence-electron chi connectivity index (χ1n) is 5.11. The fourth-order valence-corrected chi connectivity index (χ4v) is 1.33. The lowest BCUT2D eigenvalue weighted by Crippen LogP contribution is -2.04. The SMILES string of the molecule is COc1c(OO)ccc(C(=O)/C=C/N(C)C)c1O. The van der Waals surface area contributed by atoms with E-state index in [1.165, 1.54) is 25.3 Å². The zero-order valence-electron chi connectivity index (χ0n) is 10.4. The van der Waals surface area contributed by atoms with E-state index in [-0.39, 0.29) is 28.6 Å². The van der Waals surface area contributed by atoms with Crippen molar-refractivity contribution in [3.8, 4) is 17.2 Å². The van der Waals surface area contributed by atoms with Gasteiger partial charge in [0.25, 0.3) is 0 Å². The van der Waals surface area contributed by atoms with Gasteiger partial charge >= 0.3 is 0 Å². The Labute approximate surface area is 105 Å². The van der Waals surface area contributed by atoms with Gasteiger partial charge in [0, 0.05) is 26.4 Å². The second-order valence-electron chi connectivity index (χ2n) is 3.73. The number of benzene rings is 1. The zero-order valence-corrected chi connectivity index (χ0v) is 10.4. The highest BCUT2D eigenvalue weighted by Crippen LogP contribution is 2.38. The molecule has 0 bridgehead atoms. The largest absolute Gasteiger partial charge is 0.504 e. The van der Waals surface area contributed by atoms with E-state index in [2.05, 4.69) is 4.89 Å². The van der Waals surface area contributed by atoms with Crippen LogP contribution in [0, 0.1) is 0 Å². The third-order valence-corrected chi connectivity index (χ3v) is 2.19. The van der Waals surface area contributed by atoms with Gasteiger partial charge in [-0.15, -0.1) is 0 Å². The number of carbonyl (C=O) groups excluding carboxylic acids is 1. The summed E-state index contributed by atoms with van der Waals surface area (Å²) < 4.78 is 4.86. The highest BCUT2D eigenvalue weighted by atomic mass is 17.1. The number of nitrogens with zero attached hydrogens (tertiary/aromatic N) is 1. The van der Waals surface area contributed by atoms with Gasteiger partial charge in [-0.25, -0.2) is 5.26 Å². The number of ether oxygens (including phenoxy) is 1. The van der Waals surface area contributed by atoms with E-state index in [4.69, 9.17) is 9.99 Å². The number of hydrogen-bond donors (Lipinski definition) is 2. The molecular weight excluding hydrogens is 238 g/mol.